The van der Waals surface area contributed by atoms with E-state index in [1.54, 1.807) is 0 Å². The fourth-order valence-corrected chi connectivity index (χ4v) is 3.85. The largest absolute Gasteiger partial charge is 0.457 e. The quantitative estimate of drug-likeness (QED) is 0.780. The van der Waals surface area contributed by atoms with Crippen LogP contribution in [-0.4, -0.2) is 36.3 Å². The van der Waals surface area contributed by atoms with Gasteiger partial charge in [0.2, 0.25) is 5.91 Å². The first-order valence-corrected chi connectivity index (χ1v) is 8.65. The van der Waals surface area contributed by atoms with Crippen LogP contribution in [0.4, 0.5) is 4.79 Å². The van der Waals surface area contributed by atoms with Gasteiger partial charge in [-0.25, -0.2) is 4.79 Å². The molecule has 3 rings (SSSR count). The van der Waals surface area contributed by atoms with Gasteiger partial charge >= 0.3 is 13.1 Å². The molecular weight excluding hydrogens is 295 g/mol. The minimum atomic E-state index is -0.355. The Morgan fingerprint density at radius 1 is 1.13 bits per heavy atom. The molecule has 2 N–H and O–H groups in total. The minimum absolute atomic E-state index is 0.00403. The lowest BCUT2D eigenvalue weighted by atomic mass is 9.71. The Morgan fingerprint density at radius 2 is 1.78 bits per heavy atom. The number of imide groups is 1. The number of rotatable bonds is 3. The first-order chi connectivity index (χ1) is 10.7. The topological polar surface area (TPSA) is 76.7 Å². The van der Waals surface area contributed by atoms with Gasteiger partial charge in [-0.1, -0.05) is 6.42 Å². The molecule has 3 fully saturated rings. The van der Waals surface area contributed by atoms with Crippen molar-refractivity contribution in [2.24, 2.45) is 11.8 Å². The predicted octanol–water partition coefficient (Wildman–Crippen LogP) is 2.09. The SMILES string of the molecule is CC1(C)OB(CC[C@@H]2CCC3NC(=O)NC(=O)[C@H]3C2)OC1(C)C. The zero-order chi connectivity index (χ0) is 16.8. The molecule has 1 unspecified atom stereocenters. The van der Waals surface area contributed by atoms with Crippen molar-refractivity contribution in [3.8, 4) is 0 Å². The van der Waals surface area contributed by atoms with Crippen molar-refractivity contribution in [1.82, 2.24) is 10.6 Å². The normalized spacial score (nSPS) is 35.5. The molecule has 128 valence electrons. The molecule has 2 saturated heterocycles. The summed E-state index contributed by atoms with van der Waals surface area (Å²) in [5.74, 6) is 0.264. The van der Waals surface area contributed by atoms with Gasteiger partial charge in [0.05, 0.1) is 17.1 Å². The van der Waals surface area contributed by atoms with Crippen molar-refractivity contribution < 1.29 is 18.9 Å². The fourth-order valence-electron chi connectivity index (χ4n) is 3.85. The standard InChI is InChI=1S/C16H27BN2O4/c1-15(2)16(3,4)23-17(22-15)8-7-10-5-6-12-11(9-10)13(20)19-14(21)18-12/h10-12H,5-9H2,1-4H3,(H2,18,19,20,21)/t10-,11-,12?/m0/s1. The summed E-state index contributed by atoms with van der Waals surface area (Å²) in [5, 5.41) is 5.25. The summed E-state index contributed by atoms with van der Waals surface area (Å²) in [7, 11) is -0.169. The molecule has 0 aromatic carbocycles. The van der Waals surface area contributed by atoms with Crippen LogP contribution in [0.1, 0.15) is 53.4 Å². The van der Waals surface area contributed by atoms with Crippen LogP contribution in [0, 0.1) is 11.8 Å². The highest BCUT2D eigenvalue weighted by molar-refractivity contribution is 6.45. The van der Waals surface area contributed by atoms with Crippen molar-refractivity contribution in [3.63, 3.8) is 0 Å². The highest BCUT2D eigenvalue weighted by Crippen LogP contribution is 2.40. The lowest BCUT2D eigenvalue weighted by Gasteiger charge is -2.38. The second kappa shape index (κ2) is 5.78. The van der Waals surface area contributed by atoms with Gasteiger partial charge in [-0.2, -0.15) is 0 Å². The van der Waals surface area contributed by atoms with E-state index in [-0.39, 0.29) is 42.2 Å². The third-order valence-corrected chi connectivity index (χ3v) is 5.96. The van der Waals surface area contributed by atoms with Crippen LogP contribution in [0.25, 0.3) is 0 Å². The lowest BCUT2D eigenvalue weighted by Crippen LogP contribution is -2.59. The summed E-state index contributed by atoms with van der Waals surface area (Å²) < 4.78 is 12.1. The van der Waals surface area contributed by atoms with E-state index < -0.39 is 0 Å². The number of urea groups is 1. The molecule has 2 aliphatic heterocycles. The molecule has 0 bridgehead atoms. The molecule has 6 nitrogen and oxygen atoms in total. The highest BCUT2D eigenvalue weighted by Gasteiger charge is 2.51. The number of hydrogen-bond donors (Lipinski definition) is 2. The van der Waals surface area contributed by atoms with Crippen molar-refractivity contribution in [2.45, 2.75) is 76.9 Å². The molecule has 3 amide bonds. The number of amides is 3. The van der Waals surface area contributed by atoms with E-state index in [9.17, 15) is 9.59 Å². The van der Waals surface area contributed by atoms with Gasteiger partial charge in [0.1, 0.15) is 0 Å². The van der Waals surface area contributed by atoms with Crippen molar-refractivity contribution in [3.05, 3.63) is 0 Å². The summed E-state index contributed by atoms with van der Waals surface area (Å²) in [6.07, 6.45) is 4.58. The van der Waals surface area contributed by atoms with Crippen LogP contribution in [-0.2, 0) is 14.1 Å². The average Bonchev–Trinajstić information content (AvgIpc) is 2.64. The Kier molecular flexibility index (Phi) is 4.21. The Bertz CT molecular complexity index is 492. The number of nitrogens with one attached hydrogen (secondary N) is 2. The molecule has 0 aromatic heterocycles. The molecule has 0 aromatic rings. The molecule has 3 aliphatic rings. The van der Waals surface area contributed by atoms with Gasteiger partial charge in [0.15, 0.2) is 0 Å². The predicted molar refractivity (Wildman–Crippen MR) is 86.8 cm³/mol. The van der Waals surface area contributed by atoms with Gasteiger partial charge in [0, 0.05) is 6.04 Å². The van der Waals surface area contributed by atoms with Crippen LogP contribution >= 0.6 is 0 Å². The Hall–Kier alpha value is -1.08. The number of carbonyl (C=O) groups is 2. The molecule has 0 spiro atoms. The molecule has 7 heteroatoms. The maximum Gasteiger partial charge on any atom is 0.457 e. The molecular formula is C16H27BN2O4. The van der Waals surface area contributed by atoms with Gasteiger partial charge in [0.25, 0.3) is 0 Å². The second-order valence-electron chi connectivity index (χ2n) is 8.12. The summed E-state index contributed by atoms with van der Waals surface area (Å²) in [5.41, 5.74) is -0.578. The summed E-state index contributed by atoms with van der Waals surface area (Å²) >= 11 is 0. The fraction of sp³-hybridized carbons (Fsp3) is 0.875. The van der Waals surface area contributed by atoms with Crippen molar-refractivity contribution >= 4 is 19.1 Å². The minimum Gasteiger partial charge on any atom is -0.403 e. The monoisotopic (exact) mass is 322 g/mol. The van der Waals surface area contributed by atoms with Gasteiger partial charge in [-0.05, 0) is 59.2 Å². The number of carbonyl (C=O) groups excluding carboxylic acids is 2. The zero-order valence-electron chi connectivity index (χ0n) is 14.5. The van der Waals surface area contributed by atoms with Crippen LogP contribution in [0.2, 0.25) is 6.32 Å². The third kappa shape index (κ3) is 3.26. The molecule has 2 heterocycles. The number of hydrogen-bond acceptors (Lipinski definition) is 4. The van der Waals surface area contributed by atoms with E-state index in [4.69, 9.17) is 9.31 Å². The summed E-state index contributed by atoms with van der Waals surface area (Å²) in [4.78, 5) is 23.3. The summed E-state index contributed by atoms with van der Waals surface area (Å²) in [6, 6.07) is -0.351. The maximum absolute atomic E-state index is 12.0. The van der Waals surface area contributed by atoms with Crippen molar-refractivity contribution in [1.29, 1.82) is 0 Å². The molecule has 0 radical (unpaired) electrons. The van der Waals surface area contributed by atoms with E-state index in [1.165, 1.54) is 0 Å². The molecule has 1 aliphatic carbocycles. The van der Waals surface area contributed by atoms with Crippen LogP contribution in [0.3, 0.4) is 0 Å². The maximum atomic E-state index is 12.0. The smallest absolute Gasteiger partial charge is 0.403 e. The Balaban J connectivity index is 1.51. The molecule has 1 saturated carbocycles. The van der Waals surface area contributed by atoms with Crippen molar-refractivity contribution in [2.75, 3.05) is 0 Å². The van der Waals surface area contributed by atoms with E-state index in [0.29, 0.717) is 5.92 Å². The van der Waals surface area contributed by atoms with Gasteiger partial charge < -0.3 is 14.6 Å². The van der Waals surface area contributed by atoms with Gasteiger partial charge in [-0.3, -0.25) is 10.1 Å². The highest BCUT2D eigenvalue weighted by atomic mass is 16.7. The lowest BCUT2D eigenvalue weighted by molar-refractivity contribution is -0.127. The van der Waals surface area contributed by atoms with Crippen LogP contribution in [0.15, 0.2) is 0 Å². The Labute approximate surface area is 138 Å². The molecule has 23 heavy (non-hydrogen) atoms. The molecule has 3 atom stereocenters. The first-order valence-electron chi connectivity index (χ1n) is 8.65. The van der Waals surface area contributed by atoms with E-state index in [1.807, 2.05) is 0 Å². The Morgan fingerprint density at radius 3 is 2.43 bits per heavy atom. The average molecular weight is 322 g/mol. The van der Waals surface area contributed by atoms with Gasteiger partial charge in [-0.15, -0.1) is 0 Å². The second-order valence-corrected chi connectivity index (χ2v) is 8.12. The van der Waals surface area contributed by atoms with E-state index >= 15 is 0 Å². The van der Waals surface area contributed by atoms with Crippen LogP contribution < -0.4 is 10.6 Å². The number of fused-ring (bicyclic) bond motifs is 1. The summed E-state index contributed by atoms with van der Waals surface area (Å²) in [6.45, 7) is 8.25. The third-order valence-electron chi connectivity index (χ3n) is 5.96. The first kappa shape index (κ1) is 16.8. The van der Waals surface area contributed by atoms with E-state index in [2.05, 4.69) is 38.3 Å². The van der Waals surface area contributed by atoms with E-state index in [0.717, 1.165) is 32.0 Å². The van der Waals surface area contributed by atoms with Crippen LogP contribution in [0.5, 0.6) is 0 Å². The zero-order valence-corrected chi connectivity index (χ0v) is 14.5.